The largest absolute Gasteiger partial charge is 0.494 e. The maximum absolute atomic E-state index is 11.4. The number of benzene rings is 1. The number of hydrogen-bond donors (Lipinski definition) is 1. The Morgan fingerprint density at radius 3 is 3.04 bits per heavy atom. The van der Waals surface area contributed by atoms with E-state index in [0.29, 0.717) is 11.5 Å². The molecule has 1 aromatic carbocycles. The first-order chi connectivity index (χ1) is 12.2. The van der Waals surface area contributed by atoms with Crippen molar-refractivity contribution in [3.63, 3.8) is 0 Å². The molecular formula is C21H25NO3. The number of aromatic nitrogens is 1. The number of hydrogen-bond acceptors (Lipinski definition) is 3. The molecule has 0 radical (unpaired) electrons. The fourth-order valence-electron chi connectivity index (χ4n) is 3.67. The molecule has 0 saturated carbocycles. The third-order valence-corrected chi connectivity index (χ3v) is 4.92. The summed E-state index contributed by atoms with van der Waals surface area (Å²) in [6.45, 7) is 2.86. The number of pyridine rings is 1. The lowest BCUT2D eigenvalue weighted by Crippen LogP contribution is -2.12. The van der Waals surface area contributed by atoms with Crippen molar-refractivity contribution in [3.05, 3.63) is 58.9 Å². The van der Waals surface area contributed by atoms with Gasteiger partial charge in [0.1, 0.15) is 5.75 Å². The van der Waals surface area contributed by atoms with Gasteiger partial charge in [0.05, 0.1) is 12.2 Å². The molecule has 0 spiro atoms. The van der Waals surface area contributed by atoms with Crippen LogP contribution < -0.4 is 4.74 Å². The first-order valence-electron chi connectivity index (χ1n) is 9.11. The molecule has 1 atom stereocenters. The highest BCUT2D eigenvalue weighted by Gasteiger charge is 2.21. The molecule has 0 aliphatic heterocycles. The SMILES string of the molecule is CCCOc1ccc2c(c1)CCCC2CCc1cnccc1C(=O)O. The molecule has 0 saturated heterocycles. The minimum Gasteiger partial charge on any atom is -0.494 e. The smallest absolute Gasteiger partial charge is 0.336 e. The van der Waals surface area contributed by atoms with Gasteiger partial charge in [-0.05, 0) is 79.3 Å². The second-order valence-electron chi connectivity index (χ2n) is 6.67. The molecule has 132 valence electrons. The number of carboxylic acids is 1. The number of aromatic carboxylic acids is 1. The summed E-state index contributed by atoms with van der Waals surface area (Å²) in [5.74, 6) is 0.562. The number of aryl methyl sites for hydroxylation is 2. The van der Waals surface area contributed by atoms with Gasteiger partial charge in [0.15, 0.2) is 0 Å². The number of fused-ring (bicyclic) bond motifs is 1. The van der Waals surface area contributed by atoms with Crippen molar-refractivity contribution >= 4 is 5.97 Å². The van der Waals surface area contributed by atoms with E-state index in [9.17, 15) is 9.90 Å². The zero-order valence-electron chi connectivity index (χ0n) is 14.7. The summed E-state index contributed by atoms with van der Waals surface area (Å²) >= 11 is 0. The average molecular weight is 339 g/mol. The lowest BCUT2D eigenvalue weighted by atomic mass is 9.79. The highest BCUT2D eigenvalue weighted by molar-refractivity contribution is 5.89. The molecule has 4 nitrogen and oxygen atoms in total. The van der Waals surface area contributed by atoms with Gasteiger partial charge in [0.25, 0.3) is 0 Å². The van der Waals surface area contributed by atoms with Crippen LogP contribution in [0.3, 0.4) is 0 Å². The number of ether oxygens (including phenoxy) is 1. The van der Waals surface area contributed by atoms with Crippen molar-refractivity contribution in [3.8, 4) is 5.75 Å². The standard InChI is InChI=1S/C21H25NO3/c1-2-12-25-18-8-9-19-15(4-3-5-16(19)13-18)6-7-17-14-22-11-10-20(17)21(23)24/h8-11,13-15H,2-7,12H2,1H3,(H,23,24). The minimum absolute atomic E-state index is 0.370. The molecule has 25 heavy (non-hydrogen) atoms. The van der Waals surface area contributed by atoms with Gasteiger partial charge in [0.2, 0.25) is 0 Å². The fourth-order valence-corrected chi connectivity index (χ4v) is 3.67. The maximum atomic E-state index is 11.4. The van der Waals surface area contributed by atoms with E-state index in [1.54, 1.807) is 18.5 Å². The summed E-state index contributed by atoms with van der Waals surface area (Å²) < 4.78 is 5.75. The number of rotatable bonds is 7. The van der Waals surface area contributed by atoms with Crippen molar-refractivity contribution in [2.75, 3.05) is 6.61 Å². The van der Waals surface area contributed by atoms with E-state index in [1.807, 2.05) is 0 Å². The Morgan fingerprint density at radius 1 is 1.36 bits per heavy atom. The van der Waals surface area contributed by atoms with E-state index in [1.165, 1.54) is 17.5 Å². The average Bonchev–Trinajstić information content (AvgIpc) is 2.64. The molecular weight excluding hydrogens is 314 g/mol. The van der Waals surface area contributed by atoms with Crippen LogP contribution in [-0.2, 0) is 12.8 Å². The van der Waals surface area contributed by atoms with Crippen LogP contribution >= 0.6 is 0 Å². The predicted octanol–water partition coefficient (Wildman–Crippen LogP) is 4.62. The van der Waals surface area contributed by atoms with Gasteiger partial charge in [-0.3, -0.25) is 4.98 Å². The van der Waals surface area contributed by atoms with E-state index in [-0.39, 0.29) is 0 Å². The van der Waals surface area contributed by atoms with Crippen LogP contribution in [0, 0.1) is 0 Å². The summed E-state index contributed by atoms with van der Waals surface area (Å²) in [6.07, 6.45) is 9.37. The Hall–Kier alpha value is -2.36. The molecule has 1 aliphatic rings. The van der Waals surface area contributed by atoms with Gasteiger partial charge >= 0.3 is 5.97 Å². The van der Waals surface area contributed by atoms with E-state index in [4.69, 9.17) is 4.74 Å². The Balaban J connectivity index is 1.72. The van der Waals surface area contributed by atoms with Crippen LogP contribution in [0.15, 0.2) is 36.7 Å². The van der Waals surface area contributed by atoms with E-state index in [2.05, 4.69) is 30.1 Å². The molecule has 4 heteroatoms. The first kappa shape index (κ1) is 17.5. The third kappa shape index (κ3) is 4.19. The topological polar surface area (TPSA) is 59.4 Å². The summed E-state index contributed by atoms with van der Waals surface area (Å²) in [5.41, 5.74) is 3.98. The van der Waals surface area contributed by atoms with Crippen molar-refractivity contribution in [2.45, 2.75) is 51.4 Å². The quantitative estimate of drug-likeness (QED) is 0.799. The fraction of sp³-hybridized carbons (Fsp3) is 0.429. The number of carbonyl (C=O) groups is 1. The molecule has 3 rings (SSSR count). The predicted molar refractivity (Wildman–Crippen MR) is 97.4 cm³/mol. The van der Waals surface area contributed by atoms with Gasteiger partial charge < -0.3 is 9.84 Å². The minimum atomic E-state index is -0.876. The second kappa shape index (κ2) is 8.15. The molecule has 1 N–H and O–H groups in total. The normalized spacial score (nSPS) is 16.3. The van der Waals surface area contributed by atoms with Crippen LogP contribution in [0.25, 0.3) is 0 Å². The lowest BCUT2D eigenvalue weighted by Gasteiger charge is -2.26. The highest BCUT2D eigenvalue weighted by atomic mass is 16.5. The van der Waals surface area contributed by atoms with Crippen LogP contribution in [0.4, 0.5) is 0 Å². The molecule has 2 aromatic rings. The van der Waals surface area contributed by atoms with Crippen molar-refractivity contribution in [1.29, 1.82) is 0 Å². The molecule has 1 unspecified atom stereocenters. The molecule has 0 amide bonds. The van der Waals surface area contributed by atoms with E-state index in [0.717, 1.165) is 50.0 Å². The lowest BCUT2D eigenvalue weighted by molar-refractivity contribution is 0.0695. The van der Waals surface area contributed by atoms with E-state index >= 15 is 0 Å². The van der Waals surface area contributed by atoms with Gasteiger partial charge in [-0.15, -0.1) is 0 Å². The molecule has 0 bridgehead atoms. The monoisotopic (exact) mass is 339 g/mol. The van der Waals surface area contributed by atoms with Crippen LogP contribution in [-0.4, -0.2) is 22.7 Å². The van der Waals surface area contributed by atoms with Gasteiger partial charge in [0, 0.05) is 12.4 Å². The zero-order valence-corrected chi connectivity index (χ0v) is 14.7. The molecule has 1 heterocycles. The molecule has 1 aliphatic carbocycles. The molecule has 1 aromatic heterocycles. The van der Waals surface area contributed by atoms with Gasteiger partial charge in [-0.2, -0.15) is 0 Å². The third-order valence-electron chi connectivity index (χ3n) is 4.92. The van der Waals surface area contributed by atoms with Gasteiger partial charge in [-0.25, -0.2) is 4.79 Å². The van der Waals surface area contributed by atoms with Crippen molar-refractivity contribution in [2.24, 2.45) is 0 Å². The zero-order chi connectivity index (χ0) is 17.6. The Morgan fingerprint density at radius 2 is 2.24 bits per heavy atom. The Labute approximate surface area is 148 Å². The highest BCUT2D eigenvalue weighted by Crippen LogP contribution is 2.36. The second-order valence-corrected chi connectivity index (χ2v) is 6.67. The van der Waals surface area contributed by atoms with Crippen LogP contribution in [0.2, 0.25) is 0 Å². The Bertz CT molecular complexity index is 742. The number of carboxylic acid groups (broad SMARTS) is 1. The van der Waals surface area contributed by atoms with E-state index < -0.39 is 5.97 Å². The van der Waals surface area contributed by atoms with Crippen molar-refractivity contribution < 1.29 is 14.6 Å². The Kier molecular flexibility index (Phi) is 5.69. The summed E-state index contributed by atoms with van der Waals surface area (Å²) in [5, 5.41) is 9.32. The van der Waals surface area contributed by atoms with Crippen molar-refractivity contribution in [1.82, 2.24) is 4.98 Å². The summed E-state index contributed by atoms with van der Waals surface area (Å²) in [7, 11) is 0. The summed E-state index contributed by atoms with van der Waals surface area (Å²) in [4.78, 5) is 15.4. The van der Waals surface area contributed by atoms with Crippen LogP contribution in [0.5, 0.6) is 5.75 Å². The maximum Gasteiger partial charge on any atom is 0.336 e. The summed E-state index contributed by atoms with van der Waals surface area (Å²) in [6, 6.07) is 8.04. The first-order valence-corrected chi connectivity index (χ1v) is 9.11. The number of nitrogens with zero attached hydrogens (tertiary/aromatic N) is 1. The molecule has 0 fully saturated rings. The van der Waals surface area contributed by atoms with Crippen LogP contribution in [0.1, 0.15) is 65.6 Å². The van der Waals surface area contributed by atoms with Gasteiger partial charge in [-0.1, -0.05) is 13.0 Å².